The molecule has 1 aromatic rings. The number of hydrogen-bond acceptors (Lipinski definition) is 1. The van der Waals surface area contributed by atoms with Crippen LogP contribution in [-0.2, 0) is 16.6 Å². The van der Waals surface area contributed by atoms with Gasteiger partial charge >= 0.3 is 5.97 Å². The number of carboxylic acid groups (broad SMARTS) is 1. The summed E-state index contributed by atoms with van der Waals surface area (Å²) in [5.41, 5.74) is -1.23. The number of carboxylic acids is 1. The Bertz CT molecular complexity index is 465. The lowest BCUT2D eigenvalue weighted by Gasteiger charge is -2.38. The molecule has 1 aromatic carbocycles. The third-order valence-corrected chi connectivity index (χ3v) is 3.65. The summed E-state index contributed by atoms with van der Waals surface area (Å²) in [6.45, 7) is 1.76. The minimum Gasteiger partial charge on any atom is -0.481 e. The number of rotatable bonds is 3. The van der Waals surface area contributed by atoms with Gasteiger partial charge in [0.15, 0.2) is 0 Å². The smallest absolute Gasteiger partial charge is 0.314 e. The molecule has 0 radical (unpaired) electrons. The van der Waals surface area contributed by atoms with Gasteiger partial charge in [0.1, 0.15) is 11.6 Å². The molecular formula is C13H14F2O2. The molecule has 0 heterocycles. The van der Waals surface area contributed by atoms with Crippen LogP contribution in [0.2, 0.25) is 0 Å². The first-order valence-corrected chi connectivity index (χ1v) is 5.73. The third-order valence-electron chi connectivity index (χ3n) is 3.65. The largest absolute Gasteiger partial charge is 0.481 e. The van der Waals surface area contributed by atoms with Crippen molar-refractivity contribution in [1.29, 1.82) is 0 Å². The Morgan fingerprint density at radius 2 is 2.06 bits per heavy atom. The second kappa shape index (κ2) is 4.09. The van der Waals surface area contributed by atoms with Gasteiger partial charge in [-0.25, -0.2) is 8.78 Å². The molecule has 92 valence electrons. The van der Waals surface area contributed by atoms with E-state index in [1.165, 1.54) is 12.1 Å². The van der Waals surface area contributed by atoms with E-state index in [4.69, 9.17) is 0 Å². The highest BCUT2D eigenvalue weighted by Crippen LogP contribution is 2.46. The van der Waals surface area contributed by atoms with Gasteiger partial charge in [-0.05, 0) is 30.9 Å². The van der Waals surface area contributed by atoms with Crippen LogP contribution in [0.4, 0.5) is 8.78 Å². The van der Waals surface area contributed by atoms with E-state index in [0.29, 0.717) is 31.2 Å². The second-order valence-corrected chi connectivity index (χ2v) is 4.49. The summed E-state index contributed by atoms with van der Waals surface area (Å²) in [5, 5.41) is 9.22. The van der Waals surface area contributed by atoms with Crippen molar-refractivity contribution >= 4 is 5.97 Å². The van der Waals surface area contributed by atoms with E-state index >= 15 is 0 Å². The summed E-state index contributed by atoms with van der Waals surface area (Å²) < 4.78 is 27.8. The van der Waals surface area contributed by atoms with Crippen LogP contribution in [-0.4, -0.2) is 11.1 Å². The normalized spacial score (nSPS) is 17.6. The van der Waals surface area contributed by atoms with Crippen LogP contribution >= 0.6 is 0 Å². The molecule has 1 saturated carbocycles. The number of benzene rings is 1. The minimum absolute atomic E-state index is 0.254. The molecule has 0 unspecified atom stereocenters. The molecular weight excluding hydrogens is 226 g/mol. The fourth-order valence-corrected chi connectivity index (χ4v) is 2.41. The summed E-state index contributed by atoms with van der Waals surface area (Å²) in [6.07, 6.45) is 1.74. The van der Waals surface area contributed by atoms with Gasteiger partial charge in [-0.15, -0.1) is 0 Å². The van der Waals surface area contributed by atoms with Crippen molar-refractivity contribution in [3.05, 3.63) is 34.9 Å². The highest BCUT2D eigenvalue weighted by molar-refractivity contribution is 5.82. The van der Waals surface area contributed by atoms with Crippen molar-refractivity contribution in [2.45, 2.75) is 38.0 Å². The fourth-order valence-electron chi connectivity index (χ4n) is 2.41. The summed E-state index contributed by atoms with van der Waals surface area (Å²) in [5.74, 6) is -2.56. The third kappa shape index (κ3) is 1.63. The van der Waals surface area contributed by atoms with E-state index in [1.807, 2.05) is 0 Å². The first kappa shape index (κ1) is 12.0. The van der Waals surface area contributed by atoms with Gasteiger partial charge in [-0.2, -0.15) is 0 Å². The maximum Gasteiger partial charge on any atom is 0.314 e. The Morgan fingerprint density at radius 1 is 1.41 bits per heavy atom. The van der Waals surface area contributed by atoms with Crippen LogP contribution in [0.5, 0.6) is 0 Å². The van der Waals surface area contributed by atoms with Gasteiger partial charge in [0, 0.05) is 5.56 Å². The molecule has 1 fully saturated rings. The monoisotopic (exact) mass is 240 g/mol. The molecule has 1 aliphatic carbocycles. The van der Waals surface area contributed by atoms with Crippen molar-refractivity contribution in [2.75, 3.05) is 0 Å². The SMILES string of the molecule is CCc1ccc(F)c(C2(C(=O)O)CCC2)c1F. The van der Waals surface area contributed by atoms with Crippen molar-refractivity contribution < 1.29 is 18.7 Å². The molecule has 4 heteroatoms. The first-order chi connectivity index (χ1) is 8.03. The molecule has 1 N–H and O–H groups in total. The fraction of sp³-hybridized carbons (Fsp3) is 0.462. The predicted molar refractivity (Wildman–Crippen MR) is 58.9 cm³/mol. The molecule has 0 atom stereocenters. The number of aryl methyl sites for hydroxylation is 1. The Labute approximate surface area is 98.3 Å². The zero-order valence-electron chi connectivity index (χ0n) is 9.59. The van der Waals surface area contributed by atoms with E-state index in [-0.39, 0.29) is 5.56 Å². The molecule has 0 bridgehead atoms. The first-order valence-electron chi connectivity index (χ1n) is 5.73. The van der Waals surface area contributed by atoms with Crippen molar-refractivity contribution in [3.63, 3.8) is 0 Å². The highest BCUT2D eigenvalue weighted by Gasteiger charge is 2.49. The summed E-state index contributed by atoms with van der Waals surface area (Å²) in [6, 6.07) is 2.54. The molecule has 2 rings (SSSR count). The van der Waals surface area contributed by atoms with Crippen LogP contribution in [0.1, 0.15) is 37.3 Å². The van der Waals surface area contributed by atoms with Crippen LogP contribution < -0.4 is 0 Å². The summed E-state index contributed by atoms with van der Waals surface area (Å²) >= 11 is 0. The second-order valence-electron chi connectivity index (χ2n) is 4.49. The van der Waals surface area contributed by atoms with Gasteiger partial charge in [0.2, 0.25) is 0 Å². The standard InChI is InChI=1S/C13H14F2O2/c1-2-8-4-5-9(14)10(11(8)15)13(12(16)17)6-3-7-13/h4-5H,2-3,6-7H2,1H3,(H,16,17). The number of aliphatic carboxylic acids is 1. The molecule has 0 aromatic heterocycles. The molecule has 0 aliphatic heterocycles. The molecule has 0 amide bonds. The van der Waals surface area contributed by atoms with E-state index in [0.717, 1.165) is 0 Å². The molecule has 2 nitrogen and oxygen atoms in total. The molecule has 1 aliphatic rings. The van der Waals surface area contributed by atoms with Crippen LogP contribution in [0.25, 0.3) is 0 Å². The Hall–Kier alpha value is -1.45. The number of carbonyl (C=O) groups is 1. The maximum atomic E-state index is 14.1. The Kier molecular flexibility index (Phi) is 2.89. The summed E-state index contributed by atoms with van der Waals surface area (Å²) in [7, 11) is 0. The number of hydrogen-bond donors (Lipinski definition) is 1. The zero-order chi connectivity index (χ0) is 12.6. The average Bonchev–Trinajstić information content (AvgIpc) is 2.21. The van der Waals surface area contributed by atoms with Gasteiger partial charge < -0.3 is 5.11 Å². The van der Waals surface area contributed by atoms with Crippen LogP contribution in [0, 0.1) is 11.6 Å². The molecule has 0 spiro atoms. The van der Waals surface area contributed by atoms with Gasteiger partial charge in [0.25, 0.3) is 0 Å². The lowest BCUT2D eigenvalue weighted by Crippen LogP contribution is -2.44. The minimum atomic E-state index is -1.35. The predicted octanol–water partition coefficient (Wildman–Crippen LogP) is 3.03. The lowest BCUT2D eigenvalue weighted by molar-refractivity contribution is -0.147. The van der Waals surface area contributed by atoms with Crippen molar-refractivity contribution in [2.24, 2.45) is 0 Å². The maximum absolute atomic E-state index is 14.1. The quantitative estimate of drug-likeness (QED) is 0.881. The Balaban J connectivity index is 2.61. The van der Waals surface area contributed by atoms with E-state index < -0.39 is 23.0 Å². The zero-order valence-corrected chi connectivity index (χ0v) is 9.59. The van der Waals surface area contributed by atoms with Gasteiger partial charge in [-0.3, -0.25) is 4.79 Å². The van der Waals surface area contributed by atoms with E-state index in [1.54, 1.807) is 6.92 Å². The number of halogens is 2. The lowest BCUT2D eigenvalue weighted by atomic mass is 9.64. The molecule has 0 saturated heterocycles. The van der Waals surface area contributed by atoms with E-state index in [9.17, 15) is 18.7 Å². The van der Waals surface area contributed by atoms with Crippen LogP contribution in [0.15, 0.2) is 12.1 Å². The van der Waals surface area contributed by atoms with Gasteiger partial charge in [-0.1, -0.05) is 19.4 Å². The van der Waals surface area contributed by atoms with Crippen molar-refractivity contribution in [1.82, 2.24) is 0 Å². The highest BCUT2D eigenvalue weighted by atomic mass is 19.1. The van der Waals surface area contributed by atoms with E-state index in [2.05, 4.69) is 0 Å². The van der Waals surface area contributed by atoms with Crippen LogP contribution in [0.3, 0.4) is 0 Å². The topological polar surface area (TPSA) is 37.3 Å². The van der Waals surface area contributed by atoms with Crippen molar-refractivity contribution in [3.8, 4) is 0 Å². The Morgan fingerprint density at radius 3 is 2.47 bits per heavy atom. The van der Waals surface area contributed by atoms with Gasteiger partial charge in [0.05, 0.1) is 5.41 Å². The average molecular weight is 240 g/mol. The summed E-state index contributed by atoms with van der Waals surface area (Å²) in [4.78, 5) is 11.3. The molecule has 17 heavy (non-hydrogen) atoms.